The molecule has 1 saturated heterocycles. The van der Waals surface area contributed by atoms with E-state index in [2.05, 4.69) is 42.6 Å². The van der Waals surface area contributed by atoms with Crippen LogP contribution < -0.4 is 10.6 Å². The monoisotopic (exact) mass is 264 g/mol. The standard InChI is InChI=1S/C14H24N4O/c1-10-11(6-15)7-16-12(17-10)18-8-13(2,3)19-14(4,5)9-18/h7H,6,8-9,15H2,1-5H3. The van der Waals surface area contributed by atoms with Crippen molar-refractivity contribution in [2.45, 2.75) is 52.4 Å². The van der Waals surface area contributed by atoms with E-state index in [1.807, 2.05) is 13.1 Å². The Kier molecular flexibility index (Phi) is 3.53. The van der Waals surface area contributed by atoms with Crippen LogP contribution in [0, 0.1) is 6.92 Å². The Morgan fingerprint density at radius 1 is 1.26 bits per heavy atom. The van der Waals surface area contributed by atoms with Crippen LogP contribution in [-0.2, 0) is 11.3 Å². The number of ether oxygens (including phenoxy) is 1. The Hall–Kier alpha value is -1.20. The Balaban J connectivity index is 2.28. The lowest BCUT2D eigenvalue weighted by molar-refractivity contribution is -0.133. The Morgan fingerprint density at radius 2 is 1.84 bits per heavy atom. The largest absolute Gasteiger partial charge is 0.366 e. The number of aromatic nitrogens is 2. The summed E-state index contributed by atoms with van der Waals surface area (Å²) in [6.45, 7) is 12.4. The molecule has 1 aromatic rings. The third-order valence-electron chi connectivity index (χ3n) is 3.27. The van der Waals surface area contributed by atoms with Gasteiger partial charge >= 0.3 is 0 Å². The normalized spacial score (nSPS) is 21.5. The zero-order valence-corrected chi connectivity index (χ0v) is 12.5. The average Bonchev–Trinajstić information content (AvgIpc) is 2.24. The van der Waals surface area contributed by atoms with Crippen LogP contribution in [0.1, 0.15) is 39.0 Å². The van der Waals surface area contributed by atoms with E-state index < -0.39 is 0 Å². The minimum absolute atomic E-state index is 0.203. The smallest absolute Gasteiger partial charge is 0.225 e. The van der Waals surface area contributed by atoms with Gasteiger partial charge in [-0.3, -0.25) is 0 Å². The van der Waals surface area contributed by atoms with Gasteiger partial charge in [0.05, 0.1) is 11.2 Å². The molecule has 19 heavy (non-hydrogen) atoms. The molecule has 0 amide bonds. The van der Waals surface area contributed by atoms with E-state index in [4.69, 9.17) is 10.5 Å². The molecule has 2 heterocycles. The lowest BCUT2D eigenvalue weighted by Gasteiger charge is -2.47. The van der Waals surface area contributed by atoms with Gasteiger partial charge < -0.3 is 15.4 Å². The van der Waals surface area contributed by atoms with Crippen LogP contribution in [0.2, 0.25) is 0 Å². The van der Waals surface area contributed by atoms with Crippen molar-refractivity contribution in [2.75, 3.05) is 18.0 Å². The molecule has 0 unspecified atom stereocenters. The zero-order valence-electron chi connectivity index (χ0n) is 12.5. The minimum atomic E-state index is -0.203. The number of anilines is 1. The first kappa shape index (κ1) is 14.2. The molecule has 2 rings (SSSR count). The maximum atomic E-state index is 6.07. The molecule has 0 spiro atoms. The second-order valence-electron chi connectivity index (χ2n) is 6.46. The van der Waals surface area contributed by atoms with E-state index in [0.29, 0.717) is 6.54 Å². The first-order valence-electron chi connectivity index (χ1n) is 6.70. The summed E-state index contributed by atoms with van der Waals surface area (Å²) in [5.74, 6) is 0.763. The molecule has 1 aliphatic rings. The van der Waals surface area contributed by atoms with Gasteiger partial charge in [-0.25, -0.2) is 9.97 Å². The van der Waals surface area contributed by atoms with Crippen molar-refractivity contribution in [3.63, 3.8) is 0 Å². The Morgan fingerprint density at radius 3 is 2.32 bits per heavy atom. The SMILES string of the molecule is Cc1nc(N2CC(C)(C)OC(C)(C)C2)ncc1CN. The van der Waals surface area contributed by atoms with E-state index in [-0.39, 0.29) is 11.2 Å². The van der Waals surface area contributed by atoms with Crippen LogP contribution in [0.5, 0.6) is 0 Å². The summed E-state index contributed by atoms with van der Waals surface area (Å²) >= 11 is 0. The number of rotatable bonds is 2. The van der Waals surface area contributed by atoms with E-state index in [1.54, 1.807) is 0 Å². The lowest BCUT2D eigenvalue weighted by atomic mass is 9.99. The molecule has 1 aromatic heterocycles. The van der Waals surface area contributed by atoms with E-state index in [1.165, 1.54) is 0 Å². The Labute approximate surface area is 115 Å². The highest BCUT2D eigenvalue weighted by Gasteiger charge is 2.39. The fourth-order valence-electron chi connectivity index (χ4n) is 2.76. The van der Waals surface area contributed by atoms with Crippen LogP contribution in [-0.4, -0.2) is 34.3 Å². The predicted molar refractivity (Wildman–Crippen MR) is 76.1 cm³/mol. The molecular weight excluding hydrogens is 240 g/mol. The fourth-order valence-corrected chi connectivity index (χ4v) is 2.76. The molecule has 1 aliphatic heterocycles. The molecule has 106 valence electrons. The number of nitrogens with zero attached hydrogens (tertiary/aromatic N) is 3. The van der Waals surface area contributed by atoms with Crippen molar-refractivity contribution in [3.8, 4) is 0 Å². The summed E-state index contributed by atoms with van der Waals surface area (Å²) < 4.78 is 6.07. The summed E-state index contributed by atoms with van der Waals surface area (Å²) in [7, 11) is 0. The minimum Gasteiger partial charge on any atom is -0.366 e. The molecule has 1 fully saturated rings. The molecule has 0 aromatic carbocycles. The third kappa shape index (κ3) is 3.22. The van der Waals surface area contributed by atoms with E-state index >= 15 is 0 Å². The molecule has 5 nitrogen and oxygen atoms in total. The first-order valence-corrected chi connectivity index (χ1v) is 6.70. The van der Waals surface area contributed by atoms with Crippen LogP contribution in [0.3, 0.4) is 0 Å². The highest BCUT2D eigenvalue weighted by atomic mass is 16.5. The van der Waals surface area contributed by atoms with Gasteiger partial charge in [-0.15, -0.1) is 0 Å². The van der Waals surface area contributed by atoms with Crippen molar-refractivity contribution in [2.24, 2.45) is 5.73 Å². The summed E-state index contributed by atoms with van der Waals surface area (Å²) in [5, 5.41) is 0. The molecule has 0 atom stereocenters. The number of hydrogen-bond acceptors (Lipinski definition) is 5. The quantitative estimate of drug-likeness (QED) is 0.879. The predicted octanol–water partition coefficient (Wildman–Crippen LogP) is 1.64. The Bertz CT molecular complexity index is 455. The number of aryl methyl sites for hydroxylation is 1. The van der Waals surface area contributed by atoms with Gasteiger partial charge in [0.1, 0.15) is 0 Å². The van der Waals surface area contributed by atoms with Crippen LogP contribution in [0.15, 0.2) is 6.20 Å². The number of hydrogen-bond donors (Lipinski definition) is 1. The third-order valence-corrected chi connectivity index (χ3v) is 3.27. The second kappa shape index (κ2) is 4.72. The molecule has 0 aliphatic carbocycles. The molecule has 0 bridgehead atoms. The van der Waals surface area contributed by atoms with Crippen molar-refractivity contribution in [3.05, 3.63) is 17.5 Å². The highest BCUT2D eigenvalue weighted by Crippen LogP contribution is 2.30. The van der Waals surface area contributed by atoms with Gasteiger partial charge in [-0.05, 0) is 34.6 Å². The van der Waals surface area contributed by atoms with E-state index in [0.717, 1.165) is 30.3 Å². The van der Waals surface area contributed by atoms with Crippen molar-refractivity contribution in [1.82, 2.24) is 9.97 Å². The summed E-state index contributed by atoms with van der Waals surface area (Å²) in [5.41, 5.74) is 7.20. The lowest BCUT2D eigenvalue weighted by Crippen LogP contribution is -2.57. The van der Waals surface area contributed by atoms with Crippen LogP contribution >= 0.6 is 0 Å². The van der Waals surface area contributed by atoms with Crippen molar-refractivity contribution in [1.29, 1.82) is 0 Å². The van der Waals surface area contributed by atoms with Gasteiger partial charge in [0.15, 0.2) is 0 Å². The van der Waals surface area contributed by atoms with Gasteiger partial charge in [0.25, 0.3) is 0 Å². The molecule has 5 heteroatoms. The molecule has 0 radical (unpaired) electrons. The van der Waals surface area contributed by atoms with Crippen LogP contribution in [0.4, 0.5) is 5.95 Å². The molecular formula is C14H24N4O. The maximum Gasteiger partial charge on any atom is 0.225 e. The summed E-state index contributed by atoms with van der Waals surface area (Å²) in [4.78, 5) is 11.2. The number of nitrogens with two attached hydrogens (primary N) is 1. The molecule has 0 saturated carbocycles. The topological polar surface area (TPSA) is 64.3 Å². The van der Waals surface area contributed by atoms with E-state index in [9.17, 15) is 0 Å². The van der Waals surface area contributed by atoms with Gasteiger partial charge in [-0.1, -0.05) is 0 Å². The maximum absolute atomic E-state index is 6.07. The summed E-state index contributed by atoms with van der Waals surface area (Å²) in [6.07, 6.45) is 1.83. The van der Waals surface area contributed by atoms with Crippen LogP contribution in [0.25, 0.3) is 0 Å². The highest BCUT2D eigenvalue weighted by molar-refractivity contribution is 5.35. The van der Waals surface area contributed by atoms with Crippen molar-refractivity contribution < 1.29 is 4.74 Å². The van der Waals surface area contributed by atoms with Gasteiger partial charge in [0.2, 0.25) is 5.95 Å². The molecule has 2 N–H and O–H groups in total. The second-order valence-corrected chi connectivity index (χ2v) is 6.46. The van der Waals surface area contributed by atoms with Crippen molar-refractivity contribution >= 4 is 5.95 Å². The number of morpholine rings is 1. The zero-order chi connectivity index (χ0) is 14.3. The average molecular weight is 264 g/mol. The first-order chi connectivity index (χ1) is 8.72. The fraction of sp³-hybridized carbons (Fsp3) is 0.714. The van der Waals surface area contributed by atoms with Gasteiger partial charge in [0, 0.05) is 37.1 Å². The van der Waals surface area contributed by atoms with Gasteiger partial charge in [-0.2, -0.15) is 0 Å². The summed E-state index contributed by atoms with van der Waals surface area (Å²) in [6, 6.07) is 0.